The molecule has 11 rings (SSSR count). The summed E-state index contributed by atoms with van der Waals surface area (Å²) in [5, 5.41) is 6.18. The fourth-order valence-corrected chi connectivity index (χ4v) is 12.0. The predicted octanol–water partition coefficient (Wildman–Crippen LogP) is 9.74. The number of aromatic amines is 2. The molecule has 8 heterocycles. The lowest BCUT2D eigenvalue weighted by Gasteiger charge is -2.44. The lowest BCUT2D eigenvalue weighted by atomic mass is 9.84. The van der Waals surface area contributed by atoms with Gasteiger partial charge in [-0.05, 0) is 113 Å². The Morgan fingerprint density at radius 1 is 0.833 bits per heavy atom. The molecule has 0 spiro atoms. The zero-order chi connectivity index (χ0) is 50.4. The van der Waals surface area contributed by atoms with Gasteiger partial charge in [0.1, 0.15) is 35.8 Å². The van der Waals surface area contributed by atoms with Crippen LogP contribution in [0.2, 0.25) is 0 Å². The number of carbonyl (C=O) groups excluding carboxylic acids is 4. The first-order valence-electron chi connectivity index (χ1n) is 25.1. The van der Waals surface area contributed by atoms with Crippen molar-refractivity contribution in [2.45, 2.75) is 122 Å². The summed E-state index contributed by atoms with van der Waals surface area (Å²) in [4.78, 5) is 73.4. The maximum absolute atomic E-state index is 16.9. The van der Waals surface area contributed by atoms with Gasteiger partial charge in [0.05, 0.1) is 83.9 Å². The van der Waals surface area contributed by atoms with E-state index in [0.717, 1.165) is 33.5 Å². The van der Waals surface area contributed by atoms with E-state index in [0.29, 0.717) is 84.6 Å². The first-order valence-corrected chi connectivity index (χ1v) is 25.9. The number of amides is 4. The van der Waals surface area contributed by atoms with E-state index < -0.39 is 30.3 Å². The van der Waals surface area contributed by atoms with Crippen LogP contribution >= 0.6 is 11.3 Å². The molecular formula is C53H62FN9O8S. The van der Waals surface area contributed by atoms with Crippen molar-refractivity contribution in [1.29, 1.82) is 0 Å². The first kappa shape index (κ1) is 48.9. The molecule has 72 heavy (non-hydrogen) atoms. The molecular weight excluding hydrogens is 942 g/mol. The number of imidazole rings is 2. The smallest absolute Gasteiger partial charge is 0.407 e. The van der Waals surface area contributed by atoms with Gasteiger partial charge in [-0.2, -0.15) is 0 Å². The number of benzene rings is 2. The van der Waals surface area contributed by atoms with Crippen molar-refractivity contribution < 1.29 is 42.5 Å². The number of rotatable bonds is 11. The second-order valence-corrected chi connectivity index (χ2v) is 20.7. The summed E-state index contributed by atoms with van der Waals surface area (Å²) in [6.07, 6.45) is 8.48. The number of fused-ring (bicyclic) bond motifs is 5. The standard InChI is InChI=1S/C50H54FN9O8S.C3H8/c1-25-16-31(17-26(2)67-25)44(57-50(64)66-4)47(62)59-15-13-37(59)46-52-22-33(55-46)28-9-10-35-30(18-28)20-38-43-32(51)19-29(21-39(43)68-48(60(35)38)41-12-11-40(69-41)27-7-8-27)34-23-53-45(56-34)36-6-5-14-58(36)42(61)24-54-49(63)65-3;1-3-2/h9-12,18-23,25-27,31,36-37,44,48H,5-8,13-17,24H2,1-4H3,(H,52,55)(H,53,56)(H,54,63)(H,57,64);3H2,1-2H3. The first-order chi connectivity index (χ1) is 34.8. The molecule has 3 saturated heterocycles. The number of hydrogen-bond donors (Lipinski definition) is 4. The molecule has 4 N–H and O–H groups in total. The second kappa shape index (κ2) is 20.4. The van der Waals surface area contributed by atoms with Gasteiger partial charge in [0.2, 0.25) is 18.0 Å². The normalized spacial score (nSPS) is 22.7. The SMILES string of the molecule is CCC.COC(=O)NCC(=O)N1CCCC1c1ncc(-c2cc(F)c3c(c2)OC(c2ccc(C4CC4)s2)n2c-3cc3cc(-c4cnc(C5CCN5C(=O)C(NC(=O)OC)C5CC(C)OC(C)C5)[nH]4)ccc32)[nH]1. The van der Waals surface area contributed by atoms with Crippen LogP contribution in [0.3, 0.4) is 0 Å². The summed E-state index contributed by atoms with van der Waals surface area (Å²) in [5.74, 6) is 1.20. The lowest BCUT2D eigenvalue weighted by molar-refractivity contribution is -0.145. The zero-order valence-corrected chi connectivity index (χ0v) is 42.3. The maximum atomic E-state index is 16.9. The summed E-state index contributed by atoms with van der Waals surface area (Å²) in [5.41, 5.74) is 4.67. The average molecular weight is 1000 g/mol. The van der Waals surface area contributed by atoms with Gasteiger partial charge in [0.25, 0.3) is 0 Å². The van der Waals surface area contributed by atoms with Crippen molar-refractivity contribution in [2.75, 3.05) is 33.9 Å². The van der Waals surface area contributed by atoms with E-state index in [1.54, 1.807) is 33.5 Å². The summed E-state index contributed by atoms with van der Waals surface area (Å²) in [6, 6.07) is 14.4. The number of H-pyrrole nitrogens is 2. The van der Waals surface area contributed by atoms with Crippen molar-refractivity contribution in [3.05, 3.63) is 88.1 Å². The highest BCUT2D eigenvalue weighted by molar-refractivity contribution is 7.12. The molecule has 380 valence electrons. The van der Waals surface area contributed by atoms with Crippen LogP contribution in [0.1, 0.15) is 125 Å². The van der Waals surface area contributed by atoms with Crippen LogP contribution in [0.5, 0.6) is 5.75 Å². The Morgan fingerprint density at radius 3 is 2.18 bits per heavy atom. The van der Waals surface area contributed by atoms with E-state index >= 15 is 4.39 Å². The van der Waals surface area contributed by atoms with Crippen LogP contribution in [0, 0.1) is 11.7 Å². The van der Waals surface area contributed by atoms with Crippen LogP contribution < -0.4 is 15.4 Å². The minimum absolute atomic E-state index is 0.0452. The summed E-state index contributed by atoms with van der Waals surface area (Å²) >= 11 is 1.73. The molecule has 17 nitrogen and oxygen atoms in total. The minimum atomic E-state index is -0.759. The van der Waals surface area contributed by atoms with E-state index in [2.05, 4.69) is 66.9 Å². The fourth-order valence-electron chi connectivity index (χ4n) is 10.8. The van der Waals surface area contributed by atoms with E-state index in [4.69, 9.17) is 19.2 Å². The van der Waals surface area contributed by atoms with E-state index in [1.807, 2.05) is 38.1 Å². The monoisotopic (exact) mass is 1000 g/mol. The highest BCUT2D eigenvalue weighted by Gasteiger charge is 2.44. The largest absolute Gasteiger partial charge is 0.464 e. The molecule has 4 fully saturated rings. The van der Waals surface area contributed by atoms with Crippen LogP contribution in [0.4, 0.5) is 14.0 Å². The number of likely N-dealkylation sites (tertiary alicyclic amines) is 2. The van der Waals surface area contributed by atoms with E-state index in [-0.39, 0.29) is 48.6 Å². The number of aromatic nitrogens is 5. The number of alkyl carbamates (subject to hydrolysis) is 2. The van der Waals surface area contributed by atoms with Crippen molar-refractivity contribution in [3.63, 3.8) is 0 Å². The predicted molar refractivity (Wildman–Crippen MR) is 269 cm³/mol. The zero-order valence-electron chi connectivity index (χ0n) is 41.5. The third kappa shape index (κ3) is 9.55. The van der Waals surface area contributed by atoms with Gasteiger partial charge in [-0.1, -0.05) is 26.3 Å². The molecule has 2 aromatic carbocycles. The third-order valence-corrected chi connectivity index (χ3v) is 15.6. The van der Waals surface area contributed by atoms with Gasteiger partial charge in [0.15, 0.2) is 0 Å². The molecule has 1 aliphatic carbocycles. The summed E-state index contributed by atoms with van der Waals surface area (Å²) in [7, 11) is 2.54. The van der Waals surface area contributed by atoms with E-state index in [1.165, 1.54) is 44.4 Å². The molecule has 19 heteroatoms. The molecule has 4 aliphatic heterocycles. The maximum Gasteiger partial charge on any atom is 0.407 e. The van der Waals surface area contributed by atoms with Gasteiger partial charge in [0, 0.05) is 34.5 Å². The summed E-state index contributed by atoms with van der Waals surface area (Å²) < 4.78 is 41.3. The topological polar surface area (TPSA) is 198 Å². The van der Waals surface area contributed by atoms with Crippen LogP contribution in [0.15, 0.2) is 60.9 Å². The Bertz CT molecular complexity index is 2990. The van der Waals surface area contributed by atoms with Crippen LogP contribution in [-0.2, 0) is 23.8 Å². The minimum Gasteiger partial charge on any atom is -0.464 e. The Hall–Kier alpha value is -6.73. The lowest BCUT2D eigenvalue weighted by Crippen LogP contribution is -2.58. The van der Waals surface area contributed by atoms with Gasteiger partial charge in [-0.15, -0.1) is 11.3 Å². The van der Waals surface area contributed by atoms with Crippen molar-refractivity contribution in [3.8, 4) is 39.5 Å². The van der Waals surface area contributed by atoms with Crippen LogP contribution in [0.25, 0.3) is 44.7 Å². The Balaban J connectivity index is 0.00000194. The number of nitrogens with zero attached hydrogens (tertiary/aromatic N) is 5. The molecule has 4 amide bonds. The second-order valence-electron chi connectivity index (χ2n) is 19.6. The van der Waals surface area contributed by atoms with Gasteiger partial charge in [-0.3, -0.25) is 14.2 Å². The molecule has 0 radical (unpaired) electrons. The Labute approximate surface area is 421 Å². The van der Waals surface area contributed by atoms with Crippen molar-refractivity contribution >= 4 is 46.2 Å². The number of halogens is 1. The third-order valence-electron chi connectivity index (χ3n) is 14.3. The molecule has 6 unspecified atom stereocenters. The van der Waals surface area contributed by atoms with Gasteiger partial charge >= 0.3 is 12.2 Å². The van der Waals surface area contributed by atoms with Crippen LogP contribution in [-0.4, -0.2) is 110 Å². The molecule has 6 aromatic rings. The number of nitrogens with one attached hydrogen (secondary N) is 4. The Kier molecular flexibility index (Phi) is 13.9. The highest BCUT2D eigenvalue weighted by atomic mass is 32.1. The molecule has 4 aromatic heterocycles. The number of carbonyl (C=O) groups is 4. The van der Waals surface area contributed by atoms with Gasteiger partial charge < -0.3 is 49.3 Å². The van der Waals surface area contributed by atoms with E-state index in [9.17, 15) is 19.2 Å². The summed E-state index contributed by atoms with van der Waals surface area (Å²) in [6.45, 7) is 9.08. The number of thiophene rings is 1. The highest BCUT2D eigenvalue weighted by Crippen LogP contribution is 2.50. The number of methoxy groups -OCH3 is 2. The quantitative estimate of drug-likeness (QED) is 0.0969. The Morgan fingerprint density at radius 2 is 1.51 bits per heavy atom. The molecule has 5 aliphatic rings. The molecule has 6 atom stereocenters. The molecule has 1 saturated carbocycles. The molecule has 0 bridgehead atoms. The van der Waals surface area contributed by atoms with Crippen molar-refractivity contribution in [1.82, 2.24) is 44.9 Å². The number of hydrogen-bond acceptors (Lipinski definition) is 11. The average Bonchev–Trinajstić information content (AvgIpc) is 3.94. The fraction of sp³-hybridized carbons (Fsp3) is 0.472. The van der Waals surface area contributed by atoms with Gasteiger partial charge in [-0.25, -0.2) is 23.9 Å². The number of ether oxygens (including phenoxy) is 4. The van der Waals surface area contributed by atoms with Crippen molar-refractivity contribution in [2.24, 2.45) is 5.92 Å².